The van der Waals surface area contributed by atoms with Crippen LogP contribution in [0.1, 0.15) is 42.8 Å². The first-order chi connectivity index (χ1) is 9.36. The lowest BCUT2D eigenvalue weighted by Crippen LogP contribution is -2.23. The van der Waals surface area contributed by atoms with Crippen molar-refractivity contribution in [3.8, 4) is 0 Å². The Labute approximate surface area is 118 Å². The fourth-order valence-electron chi connectivity index (χ4n) is 2.51. The summed E-state index contributed by atoms with van der Waals surface area (Å²) in [7, 11) is 0. The molecule has 1 aliphatic carbocycles. The number of hydrogen-bond acceptors (Lipinski definition) is 3. The quantitative estimate of drug-likeness (QED) is 0.839. The van der Waals surface area contributed by atoms with Crippen molar-refractivity contribution in [1.82, 2.24) is 14.9 Å². The Balaban J connectivity index is 1.68. The van der Waals surface area contributed by atoms with Crippen LogP contribution in [-0.4, -0.2) is 16.1 Å². The highest BCUT2D eigenvalue weighted by Crippen LogP contribution is 2.41. The van der Waals surface area contributed by atoms with Crippen LogP contribution in [0.25, 0.3) is 0 Å². The summed E-state index contributed by atoms with van der Waals surface area (Å²) >= 11 is 1.72. The van der Waals surface area contributed by atoms with Crippen molar-refractivity contribution in [3.63, 3.8) is 0 Å². The molecule has 2 aromatic heterocycles. The van der Waals surface area contributed by atoms with Crippen molar-refractivity contribution in [3.05, 3.63) is 40.6 Å². The fraction of sp³-hybridized carbons (Fsp3) is 0.533. The van der Waals surface area contributed by atoms with E-state index in [1.807, 2.05) is 11.6 Å². The summed E-state index contributed by atoms with van der Waals surface area (Å²) in [6, 6.07) is 2.82. The highest BCUT2D eigenvalue weighted by molar-refractivity contribution is 7.09. The Morgan fingerprint density at radius 1 is 1.53 bits per heavy atom. The molecular formula is C15H21N3S. The van der Waals surface area contributed by atoms with Crippen molar-refractivity contribution >= 4 is 11.3 Å². The van der Waals surface area contributed by atoms with Crippen LogP contribution in [0.5, 0.6) is 0 Å². The second-order valence-electron chi connectivity index (χ2n) is 5.31. The van der Waals surface area contributed by atoms with Crippen molar-refractivity contribution in [2.24, 2.45) is 5.92 Å². The van der Waals surface area contributed by atoms with Gasteiger partial charge in [-0.3, -0.25) is 0 Å². The molecule has 1 unspecified atom stereocenters. The fourth-order valence-corrected chi connectivity index (χ4v) is 3.14. The summed E-state index contributed by atoms with van der Waals surface area (Å²) < 4.78 is 2.25. The Morgan fingerprint density at radius 3 is 3.11 bits per heavy atom. The van der Waals surface area contributed by atoms with Gasteiger partial charge in [0, 0.05) is 30.0 Å². The minimum atomic E-state index is 0.553. The van der Waals surface area contributed by atoms with Crippen LogP contribution < -0.4 is 5.32 Å². The minimum absolute atomic E-state index is 0.553. The Bertz CT molecular complexity index is 499. The van der Waals surface area contributed by atoms with E-state index in [9.17, 15) is 0 Å². The molecule has 1 saturated carbocycles. The van der Waals surface area contributed by atoms with Gasteiger partial charge in [0.25, 0.3) is 0 Å². The van der Waals surface area contributed by atoms with Crippen LogP contribution in [0, 0.1) is 5.92 Å². The molecule has 4 heteroatoms. The normalized spacial score (nSPS) is 16.7. The summed E-state index contributed by atoms with van der Waals surface area (Å²) in [5.74, 6) is 0.849. The molecule has 0 aliphatic heterocycles. The zero-order valence-corrected chi connectivity index (χ0v) is 12.2. The average molecular weight is 275 g/mol. The lowest BCUT2D eigenvalue weighted by molar-refractivity contribution is 0.480. The zero-order chi connectivity index (χ0) is 13.1. The van der Waals surface area contributed by atoms with Crippen molar-refractivity contribution in [2.45, 2.75) is 38.8 Å². The van der Waals surface area contributed by atoms with Gasteiger partial charge in [0.15, 0.2) is 0 Å². The van der Waals surface area contributed by atoms with Crippen LogP contribution in [0.3, 0.4) is 0 Å². The van der Waals surface area contributed by atoms with Gasteiger partial charge in [0.05, 0.1) is 6.54 Å². The molecule has 0 aromatic carbocycles. The molecule has 0 bridgehead atoms. The third-order valence-corrected chi connectivity index (χ3v) is 4.41. The molecule has 19 heavy (non-hydrogen) atoms. The number of rotatable bonds is 7. The molecule has 1 aliphatic rings. The number of aromatic nitrogens is 2. The number of nitrogens with zero attached hydrogens (tertiary/aromatic N) is 2. The molecule has 3 nitrogen and oxygen atoms in total. The van der Waals surface area contributed by atoms with E-state index < -0.39 is 0 Å². The van der Waals surface area contributed by atoms with E-state index in [1.165, 1.54) is 29.8 Å². The maximum atomic E-state index is 4.34. The lowest BCUT2D eigenvalue weighted by atomic mass is 10.1. The zero-order valence-electron chi connectivity index (χ0n) is 11.4. The Kier molecular flexibility index (Phi) is 3.99. The highest BCUT2D eigenvalue weighted by Gasteiger charge is 2.32. The largest absolute Gasteiger partial charge is 0.347 e. The van der Waals surface area contributed by atoms with Gasteiger partial charge in [-0.25, -0.2) is 4.98 Å². The summed E-state index contributed by atoms with van der Waals surface area (Å²) in [5.41, 5.74) is 1.44. The van der Waals surface area contributed by atoms with E-state index in [2.05, 4.69) is 40.3 Å². The molecule has 2 aromatic rings. The molecule has 102 valence electrons. The molecule has 0 radical (unpaired) electrons. The molecule has 0 saturated heterocycles. The third-order valence-electron chi connectivity index (χ3n) is 3.64. The van der Waals surface area contributed by atoms with Crippen molar-refractivity contribution in [1.29, 1.82) is 0 Å². The molecule has 2 heterocycles. The standard InChI is InChI=1S/C15H21N3S/c1-2-6-17-15(12-3-4-12)13-5-8-18(10-13)11-14-16-7-9-19-14/h5,7-10,12,15,17H,2-4,6,11H2,1H3. The maximum Gasteiger partial charge on any atom is 0.112 e. The average Bonchev–Trinajstić information content (AvgIpc) is 2.93. The van der Waals surface area contributed by atoms with Gasteiger partial charge in [-0.2, -0.15) is 0 Å². The Morgan fingerprint density at radius 2 is 2.42 bits per heavy atom. The van der Waals surface area contributed by atoms with Gasteiger partial charge >= 0.3 is 0 Å². The topological polar surface area (TPSA) is 29.9 Å². The smallest absolute Gasteiger partial charge is 0.112 e. The molecule has 0 amide bonds. The van der Waals surface area contributed by atoms with Crippen molar-refractivity contribution < 1.29 is 0 Å². The summed E-state index contributed by atoms with van der Waals surface area (Å²) in [6.45, 7) is 4.23. The van der Waals surface area contributed by atoms with Crippen LogP contribution in [0.2, 0.25) is 0 Å². The van der Waals surface area contributed by atoms with Gasteiger partial charge in [0.1, 0.15) is 5.01 Å². The molecule has 1 N–H and O–H groups in total. The van der Waals surface area contributed by atoms with Crippen molar-refractivity contribution in [2.75, 3.05) is 6.54 Å². The summed E-state index contributed by atoms with van der Waals surface area (Å²) in [5, 5.41) is 6.90. The maximum absolute atomic E-state index is 4.34. The van der Waals surface area contributed by atoms with E-state index in [1.54, 1.807) is 11.3 Å². The minimum Gasteiger partial charge on any atom is -0.347 e. The van der Waals surface area contributed by atoms with Crippen LogP contribution in [0.15, 0.2) is 30.0 Å². The first-order valence-electron chi connectivity index (χ1n) is 7.14. The van der Waals surface area contributed by atoms with Gasteiger partial charge < -0.3 is 9.88 Å². The predicted molar refractivity (Wildman–Crippen MR) is 79.4 cm³/mol. The highest BCUT2D eigenvalue weighted by atomic mass is 32.1. The van der Waals surface area contributed by atoms with Gasteiger partial charge in [-0.05, 0) is 43.4 Å². The Hall–Kier alpha value is -1.13. The predicted octanol–water partition coefficient (Wildman–Crippen LogP) is 3.44. The molecular weight excluding hydrogens is 254 g/mol. The molecule has 0 spiro atoms. The first kappa shape index (κ1) is 12.9. The SMILES string of the molecule is CCCNC(c1ccn(Cc2nccs2)c1)C1CC1. The third kappa shape index (κ3) is 3.25. The summed E-state index contributed by atoms with van der Waals surface area (Å²) in [4.78, 5) is 4.34. The number of hydrogen-bond donors (Lipinski definition) is 1. The van der Waals surface area contributed by atoms with Gasteiger partial charge in [-0.15, -0.1) is 11.3 Å². The van der Waals surface area contributed by atoms with E-state index >= 15 is 0 Å². The second kappa shape index (κ2) is 5.88. The van der Waals surface area contributed by atoms with E-state index in [4.69, 9.17) is 0 Å². The van der Waals surface area contributed by atoms with Gasteiger partial charge in [-0.1, -0.05) is 6.92 Å². The number of nitrogens with one attached hydrogen (secondary N) is 1. The lowest BCUT2D eigenvalue weighted by Gasteiger charge is -2.16. The first-order valence-corrected chi connectivity index (χ1v) is 8.02. The van der Waals surface area contributed by atoms with Crippen LogP contribution >= 0.6 is 11.3 Å². The number of thiazole rings is 1. The second-order valence-corrected chi connectivity index (χ2v) is 6.29. The van der Waals surface area contributed by atoms with E-state index in [-0.39, 0.29) is 0 Å². The molecule has 3 rings (SSSR count). The van der Waals surface area contributed by atoms with Crippen LogP contribution in [0.4, 0.5) is 0 Å². The van der Waals surface area contributed by atoms with Gasteiger partial charge in [0.2, 0.25) is 0 Å². The summed E-state index contributed by atoms with van der Waals surface area (Å²) in [6.07, 6.45) is 10.3. The van der Waals surface area contributed by atoms with E-state index in [0.717, 1.165) is 19.0 Å². The van der Waals surface area contributed by atoms with Crippen LogP contribution in [-0.2, 0) is 6.54 Å². The molecule has 1 fully saturated rings. The van der Waals surface area contributed by atoms with E-state index in [0.29, 0.717) is 6.04 Å². The monoisotopic (exact) mass is 275 g/mol. The molecule has 1 atom stereocenters.